The Labute approximate surface area is 61.5 Å². The molecule has 0 bridgehead atoms. The molecule has 0 unspecified atom stereocenters. The van der Waals surface area contributed by atoms with Crippen molar-refractivity contribution in [2.24, 2.45) is 0 Å². The molecule has 9 heavy (non-hydrogen) atoms. The Bertz CT molecular complexity index is 141. The van der Waals surface area contributed by atoms with Gasteiger partial charge >= 0.3 is 0 Å². The number of allylic oxidation sites excluding steroid dienone is 6. The van der Waals surface area contributed by atoms with Crippen LogP contribution in [0.25, 0.3) is 0 Å². The van der Waals surface area contributed by atoms with E-state index in [4.69, 9.17) is 11.6 Å². The fourth-order valence-corrected chi connectivity index (χ4v) is 0.428. The van der Waals surface area contributed by atoms with Gasteiger partial charge in [0.2, 0.25) is 0 Å². The lowest BCUT2D eigenvalue weighted by atomic mass is 10.4. The van der Waals surface area contributed by atoms with E-state index >= 15 is 0 Å². The largest absolute Gasteiger partial charge is 0.0877 e. The molecule has 0 heterocycles. The van der Waals surface area contributed by atoms with E-state index in [1.54, 1.807) is 0 Å². The minimum absolute atomic E-state index is 0.771. The maximum atomic E-state index is 5.64. The molecular formula is C8H11Cl. The molecule has 0 rings (SSSR count). The summed E-state index contributed by atoms with van der Waals surface area (Å²) in [6, 6.07) is 0. The van der Waals surface area contributed by atoms with E-state index in [1.807, 2.05) is 44.2 Å². The van der Waals surface area contributed by atoms with Crippen LogP contribution in [0.4, 0.5) is 0 Å². The first-order valence-corrected chi connectivity index (χ1v) is 3.30. The predicted molar refractivity (Wildman–Crippen MR) is 43.6 cm³/mol. The van der Waals surface area contributed by atoms with Gasteiger partial charge in [0, 0.05) is 5.03 Å². The Morgan fingerprint density at radius 1 is 1.22 bits per heavy atom. The lowest BCUT2D eigenvalue weighted by Gasteiger charge is -1.79. The molecule has 0 saturated carbocycles. The molecule has 0 radical (unpaired) electrons. The SMILES string of the molecule is C\C=C/C=C\C(Cl)=C\C. The Kier molecular flexibility index (Phi) is 5.34. The summed E-state index contributed by atoms with van der Waals surface area (Å²) < 4.78 is 0. The third kappa shape index (κ3) is 5.38. The molecule has 0 fully saturated rings. The van der Waals surface area contributed by atoms with E-state index in [2.05, 4.69) is 0 Å². The average Bonchev–Trinajstić information content (AvgIpc) is 1.89. The zero-order valence-electron chi connectivity index (χ0n) is 5.76. The van der Waals surface area contributed by atoms with Gasteiger partial charge in [-0.1, -0.05) is 35.9 Å². The summed E-state index contributed by atoms with van der Waals surface area (Å²) in [6.07, 6.45) is 9.49. The van der Waals surface area contributed by atoms with Crippen LogP contribution in [0, 0.1) is 0 Å². The van der Waals surface area contributed by atoms with Crippen molar-refractivity contribution < 1.29 is 0 Å². The van der Waals surface area contributed by atoms with Crippen LogP contribution in [0.15, 0.2) is 35.4 Å². The van der Waals surface area contributed by atoms with Gasteiger partial charge in [0.05, 0.1) is 0 Å². The van der Waals surface area contributed by atoms with Gasteiger partial charge in [0.15, 0.2) is 0 Å². The van der Waals surface area contributed by atoms with Crippen LogP contribution in [0.2, 0.25) is 0 Å². The Balaban J connectivity index is 3.71. The summed E-state index contributed by atoms with van der Waals surface area (Å²) in [4.78, 5) is 0. The van der Waals surface area contributed by atoms with Gasteiger partial charge in [-0.05, 0) is 19.9 Å². The van der Waals surface area contributed by atoms with Gasteiger partial charge < -0.3 is 0 Å². The number of hydrogen-bond donors (Lipinski definition) is 0. The van der Waals surface area contributed by atoms with Crippen LogP contribution in [0.5, 0.6) is 0 Å². The molecule has 0 aliphatic rings. The topological polar surface area (TPSA) is 0 Å². The molecule has 0 aromatic heterocycles. The van der Waals surface area contributed by atoms with Crippen LogP contribution in [-0.4, -0.2) is 0 Å². The second-order valence-electron chi connectivity index (χ2n) is 1.56. The van der Waals surface area contributed by atoms with Crippen molar-refractivity contribution >= 4 is 11.6 Å². The highest BCUT2D eigenvalue weighted by molar-refractivity contribution is 6.31. The molecule has 0 atom stereocenters. The van der Waals surface area contributed by atoms with Crippen molar-refractivity contribution in [2.45, 2.75) is 13.8 Å². The molecule has 0 amide bonds. The van der Waals surface area contributed by atoms with Crippen LogP contribution in [0.1, 0.15) is 13.8 Å². The predicted octanol–water partition coefficient (Wildman–Crippen LogP) is 3.26. The van der Waals surface area contributed by atoms with Gasteiger partial charge in [-0.2, -0.15) is 0 Å². The minimum Gasteiger partial charge on any atom is -0.0877 e. The minimum atomic E-state index is 0.771. The molecule has 0 aromatic carbocycles. The molecule has 0 N–H and O–H groups in total. The van der Waals surface area contributed by atoms with Crippen molar-refractivity contribution in [2.75, 3.05) is 0 Å². The van der Waals surface area contributed by atoms with Crippen molar-refractivity contribution in [3.8, 4) is 0 Å². The summed E-state index contributed by atoms with van der Waals surface area (Å²) in [7, 11) is 0. The summed E-state index contributed by atoms with van der Waals surface area (Å²) in [5.74, 6) is 0. The molecule has 0 spiro atoms. The lowest BCUT2D eigenvalue weighted by Crippen LogP contribution is -1.57. The van der Waals surface area contributed by atoms with E-state index in [0.717, 1.165) is 5.03 Å². The molecular weight excluding hydrogens is 132 g/mol. The van der Waals surface area contributed by atoms with Crippen molar-refractivity contribution in [3.63, 3.8) is 0 Å². The third-order valence-electron chi connectivity index (χ3n) is 0.835. The van der Waals surface area contributed by atoms with Gasteiger partial charge in [0.25, 0.3) is 0 Å². The molecule has 50 valence electrons. The second-order valence-corrected chi connectivity index (χ2v) is 1.99. The lowest BCUT2D eigenvalue weighted by molar-refractivity contribution is 1.68. The molecule has 0 saturated heterocycles. The number of hydrogen-bond acceptors (Lipinski definition) is 0. The summed E-state index contributed by atoms with van der Waals surface area (Å²) in [5.41, 5.74) is 0. The summed E-state index contributed by atoms with van der Waals surface area (Å²) in [5, 5.41) is 0.771. The Morgan fingerprint density at radius 2 is 1.89 bits per heavy atom. The summed E-state index contributed by atoms with van der Waals surface area (Å²) >= 11 is 5.64. The first kappa shape index (κ1) is 8.51. The quantitative estimate of drug-likeness (QED) is 0.520. The molecule has 1 heteroatoms. The van der Waals surface area contributed by atoms with Crippen LogP contribution in [0.3, 0.4) is 0 Å². The highest BCUT2D eigenvalue weighted by Gasteiger charge is 1.74. The van der Waals surface area contributed by atoms with Crippen LogP contribution < -0.4 is 0 Å². The molecule has 0 aliphatic carbocycles. The Hall–Kier alpha value is -0.490. The maximum Gasteiger partial charge on any atom is 0.0363 e. The van der Waals surface area contributed by atoms with E-state index in [-0.39, 0.29) is 0 Å². The highest BCUT2D eigenvalue weighted by atomic mass is 35.5. The molecule has 0 aliphatic heterocycles. The van der Waals surface area contributed by atoms with Crippen molar-refractivity contribution in [3.05, 3.63) is 35.4 Å². The summed E-state index contributed by atoms with van der Waals surface area (Å²) in [6.45, 7) is 3.87. The van der Waals surface area contributed by atoms with Gasteiger partial charge in [0.1, 0.15) is 0 Å². The zero-order chi connectivity index (χ0) is 7.11. The third-order valence-corrected chi connectivity index (χ3v) is 1.18. The Morgan fingerprint density at radius 3 is 2.33 bits per heavy atom. The van der Waals surface area contributed by atoms with Crippen molar-refractivity contribution in [1.29, 1.82) is 0 Å². The zero-order valence-corrected chi connectivity index (χ0v) is 6.52. The standard InChI is InChI=1S/C8H11Cl/c1-3-5-6-7-8(9)4-2/h3-7H,1-2H3/b5-3-,7-6-,8-4-. The normalized spacial score (nSPS) is 13.9. The van der Waals surface area contributed by atoms with Crippen LogP contribution >= 0.6 is 11.6 Å². The van der Waals surface area contributed by atoms with Gasteiger partial charge in [-0.25, -0.2) is 0 Å². The number of rotatable bonds is 2. The fourth-order valence-electron chi connectivity index (χ4n) is 0.355. The first-order valence-electron chi connectivity index (χ1n) is 2.92. The molecule has 0 nitrogen and oxygen atoms in total. The van der Waals surface area contributed by atoms with Gasteiger partial charge in [-0.15, -0.1) is 0 Å². The van der Waals surface area contributed by atoms with Crippen LogP contribution in [-0.2, 0) is 0 Å². The second kappa shape index (κ2) is 5.64. The van der Waals surface area contributed by atoms with E-state index in [1.165, 1.54) is 0 Å². The fraction of sp³-hybridized carbons (Fsp3) is 0.250. The smallest absolute Gasteiger partial charge is 0.0363 e. The van der Waals surface area contributed by atoms with E-state index in [0.29, 0.717) is 0 Å². The highest BCUT2D eigenvalue weighted by Crippen LogP contribution is 2.01. The maximum absolute atomic E-state index is 5.64. The van der Waals surface area contributed by atoms with Crippen molar-refractivity contribution in [1.82, 2.24) is 0 Å². The first-order chi connectivity index (χ1) is 4.31. The van der Waals surface area contributed by atoms with E-state index in [9.17, 15) is 0 Å². The van der Waals surface area contributed by atoms with E-state index < -0.39 is 0 Å². The average molecular weight is 143 g/mol. The molecule has 0 aromatic rings. The monoisotopic (exact) mass is 142 g/mol. The number of halogens is 1. The van der Waals surface area contributed by atoms with Gasteiger partial charge in [-0.3, -0.25) is 0 Å².